The standard InChI is InChI=1S/C11H13Cl3N2O/c1-6-4-16(5-7(2)17-6)11-9(13)3-8(12)10(14)15-11/h3,6-7H,4-5H2,1-2H3. The fourth-order valence-corrected chi connectivity index (χ4v) is 2.62. The van der Waals surface area contributed by atoms with Crippen LogP contribution in [0.5, 0.6) is 0 Å². The van der Waals surface area contributed by atoms with Gasteiger partial charge in [-0.25, -0.2) is 4.98 Å². The first-order valence-corrected chi connectivity index (χ1v) is 6.52. The maximum atomic E-state index is 6.14. The highest BCUT2D eigenvalue weighted by atomic mass is 35.5. The number of hydrogen-bond acceptors (Lipinski definition) is 3. The molecule has 3 nitrogen and oxygen atoms in total. The van der Waals surface area contributed by atoms with Crippen molar-refractivity contribution in [1.29, 1.82) is 0 Å². The van der Waals surface area contributed by atoms with Gasteiger partial charge in [0.1, 0.15) is 11.0 Å². The molecule has 2 heterocycles. The van der Waals surface area contributed by atoms with E-state index >= 15 is 0 Å². The van der Waals surface area contributed by atoms with E-state index in [0.717, 1.165) is 13.1 Å². The molecular formula is C11H13Cl3N2O. The molecule has 0 spiro atoms. The third-order valence-electron chi connectivity index (χ3n) is 2.59. The Kier molecular flexibility index (Phi) is 4.03. The summed E-state index contributed by atoms with van der Waals surface area (Å²) in [7, 11) is 0. The second-order valence-corrected chi connectivity index (χ2v) is 5.40. The summed E-state index contributed by atoms with van der Waals surface area (Å²) in [5.74, 6) is 0.670. The van der Waals surface area contributed by atoms with Gasteiger partial charge in [0.15, 0.2) is 0 Å². The fraction of sp³-hybridized carbons (Fsp3) is 0.545. The van der Waals surface area contributed by atoms with Crippen molar-refractivity contribution in [2.45, 2.75) is 26.1 Å². The van der Waals surface area contributed by atoms with Crippen molar-refractivity contribution in [1.82, 2.24) is 4.98 Å². The molecule has 2 atom stereocenters. The summed E-state index contributed by atoms with van der Waals surface area (Å²) >= 11 is 17.9. The molecule has 17 heavy (non-hydrogen) atoms. The second kappa shape index (κ2) is 5.19. The third kappa shape index (κ3) is 2.97. The Hall–Kier alpha value is -0.220. The maximum absolute atomic E-state index is 6.14. The van der Waals surface area contributed by atoms with Gasteiger partial charge in [-0.05, 0) is 19.9 Å². The van der Waals surface area contributed by atoms with E-state index < -0.39 is 0 Å². The summed E-state index contributed by atoms with van der Waals surface area (Å²) in [5.41, 5.74) is 0. The molecule has 1 aromatic heterocycles. The van der Waals surface area contributed by atoms with Crippen molar-refractivity contribution in [2.24, 2.45) is 0 Å². The van der Waals surface area contributed by atoms with Gasteiger partial charge in [0.25, 0.3) is 0 Å². The number of aromatic nitrogens is 1. The molecule has 1 aromatic rings. The van der Waals surface area contributed by atoms with Gasteiger partial charge in [-0.1, -0.05) is 34.8 Å². The average molecular weight is 296 g/mol. The van der Waals surface area contributed by atoms with Crippen LogP contribution in [0.1, 0.15) is 13.8 Å². The number of halogens is 3. The summed E-state index contributed by atoms with van der Waals surface area (Å²) in [6.07, 6.45) is 0.289. The van der Waals surface area contributed by atoms with Crippen molar-refractivity contribution in [3.05, 3.63) is 21.3 Å². The quantitative estimate of drug-likeness (QED) is 0.739. The van der Waals surface area contributed by atoms with Crippen LogP contribution in [0, 0.1) is 0 Å². The number of anilines is 1. The topological polar surface area (TPSA) is 25.4 Å². The van der Waals surface area contributed by atoms with Crippen LogP contribution in [0.15, 0.2) is 6.07 Å². The molecule has 2 unspecified atom stereocenters. The number of ether oxygens (including phenoxy) is 1. The van der Waals surface area contributed by atoms with Gasteiger partial charge < -0.3 is 9.64 Å². The molecule has 0 radical (unpaired) electrons. The molecule has 1 aliphatic rings. The maximum Gasteiger partial charge on any atom is 0.150 e. The lowest BCUT2D eigenvalue weighted by Crippen LogP contribution is -2.46. The monoisotopic (exact) mass is 294 g/mol. The minimum absolute atomic E-state index is 0.145. The van der Waals surface area contributed by atoms with Gasteiger partial charge >= 0.3 is 0 Å². The van der Waals surface area contributed by atoms with Crippen molar-refractivity contribution in [3.8, 4) is 0 Å². The highest BCUT2D eigenvalue weighted by Crippen LogP contribution is 2.32. The Morgan fingerprint density at radius 1 is 1.18 bits per heavy atom. The van der Waals surface area contributed by atoms with Crippen LogP contribution < -0.4 is 4.90 Å². The highest BCUT2D eigenvalue weighted by molar-refractivity contribution is 6.42. The van der Waals surface area contributed by atoms with Gasteiger partial charge in [0, 0.05) is 13.1 Å². The summed E-state index contributed by atoms with van der Waals surface area (Å²) in [5, 5.41) is 1.16. The zero-order valence-corrected chi connectivity index (χ0v) is 11.9. The van der Waals surface area contributed by atoms with Crippen LogP contribution in [-0.2, 0) is 4.74 Å². The van der Waals surface area contributed by atoms with Gasteiger partial charge in [0.2, 0.25) is 0 Å². The molecule has 0 amide bonds. The average Bonchev–Trinajstić information content (AvgIpc) is 2.22. The van der Waals surface area contributed by atoms with E-state index in [1.807, 2.05) is 13.8 Å². The van der Waals surface area contributed by atoms with E-state index in [-0.39, 0.29) is 17.4 Å². The first-order chi connectivity index (χ1) is 7.97. The molecule has 0 bridgehead atoms. The zero-order valence-electron chi connectivity index (χ0n) is 9.58. The molecular weight excluding hydrogens is 282 g/mol. The van der Waals surface area contributed by atoms with E-state index in [2.05, 4.69) is 9.88 Å². The molecule has 6 heteroatoms. The first-order valence-electron chi connectivity index (χ1n) is 5.39. The fourth-order valence-electron chi connectivity index (χ4n) is 2.01. The molecule has 0 aromatic carbocycles. The SMILES string of the molecule is CC1CN(c2nc(Cl)c(Cl)cc2Cl)CC(C)O1. The Morgan fingerprint density at radius 2 is 1.76 bits per heavy atom. The highest BCUT2D eigenvalue weighted by Gasteiger charge is 2.25. The predicted molar refractivity (Wildman–Crippen MR) is 71.5 cm³/mol. The smallest absolute Gasteiger partial charge is 0.150 e. The number of morpholine rings is 1. The molecule has 0 N–H and O–H groups in total. The summed E-state index contributed by atoms with van der Waals surface area (Å²) in [6, 6.07) is 1.62. The van der Waals surface area contributed by atoms with Crippen LogP contribution in [0.3, 0.4) is 0 Å². The molecule has 0 aliphatic carbocycles. The van der Waals surface area contributed by atoms with Gasteiger partial charge in [-0.15, -0.1) is 0 Å². The third-order valence-corrected chi connectivity index (χ3v) is 3.54. The van der Waals surface area contributed by atoms with E-state index in [0.29, 0.717) is 15.9 Å². The Morgan fingerprint density at radius 3 is 2.35 bits per heavy atom. The number of nitrogens with zero attached hydrogens (tertiary/aromatic N) is 2. The summed E-state index contributed by atoms with van der Waals surface area (Å²) in [6.45, 7) is 5.53. The molecule has 2 rings (SSSR count). The van der Waals surface area contributed by atoms with E-state index in [1.165, 1.54) is 0 Å². The van der Waals surface area contributed by atoms with E-state index in [1.54, 1.807) is 6.07 Å². The van der Waals surface area contributed by atoms with Crippen molar-refractivity contribution in [2.75, 3.05) is 18.0 Å². The Balaban J connectivity index is 2.30. The van der Waals surface area contributed by atoms with Gasteiger partial charge in [0.05, 0.1) is 22.3 Å². The Labute approximate surface area is 116 Å². The number of pyridine rings is 1. The molecule has 1 saturated heterocycles. The molecule has 1 fully saturated rings. The van der Waals surface area contributed by atoms with Crippen LogP contribution >= 0.6 is 34.8 Å². The normalized spacial score (nSPS) is 25.1. The summed E-state index contributed by atoms with van der Waals surface area (Å²) in [4.78, 5) is 6.31. The van der Waals surface area contributed by atoms with Crippen LogP contribution in [0.2, 0.25) is 15.2 Å². The minimum Gasteiger partial charge on any atom is -0.372 e. The first kappa shape index (κ1) is 13.2. The van der Waals surface area contributed by atoms with Crippen molar-refractivity contribution >= 4 is 40.6 Å². The van der Waals surface area contributed by atoms with Gasteiger partial charge in [-0.2, -0.15) is 0 Å². The van der Waals surface area contributed by atoms with Gasteiger partial charge in [-0.3, -0.25) is 0 Å². The molecule has 94 valence electrons. The zero-order chi connectivity index (χ0) is 12.6. The lowest BCUT2D eigenvalue weighted by Gasteiger charge is -2.36. The molecule has 1 aliphatic heterocycles. The number of rotatable bonds is 1. The van der Waals surface area contributed by atoms with E-state index in [4.69, 9.17) is 39.5 Å². The van der Waals surface area contributed by atoms with Crippen molar-refractivity contribution in [3.63, 3.8) is 0 Å². The van der Waals surface area contributed by atoms with E-state index in [9.17, 15) is 0 Å². The van der Waals surface area contributed by atoms with Crippen LogP contribution in [-0.4, -0.2) is 30.3 Å². The van der Waals surface area contributed by atoms with Crippen LogP contribution in [0.25, 0.3) is 0 Å². The second-order valence-electron chi connectivity index (χ2n) is 4.23. The molecule has 0 saturated carbocycles. The summed E-state index contributed by atoms with van der Waals surface area (Å²) < 4.78 is 5.66. The lowest BCUT2D eigenvalue weighted by molar-refractivity contribution is -0.00544. The Bertz CT molecular complexity index is 417. The lowest BCUT2D eigenvalue weighted by atomic mass is 10.2. The predicted octanol–water partition coefficient (Wildman–Crippen LogP) is 3.66. The largest absolute Gasteiger partial charge is 0.372 e. The minimum atomic E-state index is 0.145. The van der Waals surface area contributed by atoms with Crippen LogP contribution in [0.4, 0.5) is 5.82 Å². The van der Waals surface area contributed by atoms with Crippen molar-refractivity contribution < 1.29 is 4.74 Å². The number of hydrogen-bond donors (Lipinski definition) is 0.